The Morgan fingerprint density at radius 1 is 1.08 bits per heavy atom. The minimum atomic E-state index is -1.01. The van der Waals surface area contributed by atoms with Gasteiger partial charge in [-0.15, -0.1) is 0 Å². The van der Waals surface area contributed by atoms with Crippen LogP contribution in [0.2, 0.25) is 5.02 Å². The molecule has 1 aliphatic heterocycles. The maximum atomic E-state index is 13.3. The number of hydrogen-bond donors (Lipinski definition) is 1. The lowest BCUT2D eigenvalue weighted by Gasteiger charge is -2.28. The van der Waals surface area contributed by atoms with Crippen molar-refractivity contribution in [1.82, 2.24) is 4.90 Å². The zero-order valence-electron chi connectivity index (χ0n) is 14.1. The largest absolute Gasteiger partial charge is 0.324 e. The third-order valence-electron chi connectivity index (χ3n) is 4.19. The molecule has 1 N–H and O–H groups in total. The molecule has 1 atom stereocenters. The molecular formula is C19H16ClFN2O3. The first kappa shape index (κ1) is 18.1. The van der Waals surface area contributed by atoms with Gasteiger partial charge >= 0.3 is 0 Å². The molecule has 7 heteroatoms. The zero-order chi connectivity index (χ0) is 19.0. The van der Waals surface area contributed by atoms with Crippen LogP contribution >= 0.6 is 11.6 Å². The first-order valence-electron chi connectivity index (χ1n) is 8.04. The fourth-order valence-corrected chi connectivity index (χ4v) is 3.15. The van der Waals surface area contributed by atoms with Gasteiger partial charge in [-0.3, -0.25) is 19.3 Å². The molecule has 1 heterocycles. The predicted molar refractivity (Wildman–Crippen MR) is 95.6 cm³/mol. The van der Waals surface area contributed by atoms with Gasteiger partial charge in [0, 0.05) is 5.69 Å². The Morgan fingerprint density at radius 3 is 2.15 bits per heavy atom. The van der Waals surface area contributed by atoms with E-state index in [0.29, 0.717) is 0 Å². The fourth-order valence-electron chi connectivity index (χ4n) is 2.97. The highest BCUT2D eigenvalue weighted by atomic mass is 35.5. The van der Waals surface area contributed by atoms with Crippen molar-refractivity contribution in [3.8, 4) is 0 Å². The standard InChI is InChI=1S/C19H16ClFN2O3/c1-10(2)16(17(24)22-11-7-8-15(21)14(20)9-11)23-18(25)12-5-3-4-6-13(12)19(23)26/h3-10,16H,1-2H3,(H,22,24)/t16-/m0/s1. The predicted octanol–water partition coefficient (Wildman–Crippen LogP) is 3.74. The number of amides is 3. The van der Waals surface area contributed by atoms with Crippen LogP contribution in [0.5, 0.6) is 0 Å². The van der Waals surface area contributed by atoms with E-state index in [1.54, 1.807) is 38.1 Å². The number of imide groups is 1. The number of nitrogens with zero attached hydrogens (tertiary/aromatic N) is 1. The summed E-state index contributed by atoms with van der Waals surface area (Å²) >= 11 is 5.73. The zero-order valence-corrected chi connectivity index (χ0v) is 14.9. The molecule has 5 nitrogen and oxygen atoms in total. The smallest absolute Gasteiger partial charge is 0.262 e. The van der Waals surface area contributed by atoms with Gasteiger partial charge in [-0.25, -0.2) is 4.39 Å². The molecule has 3 rings (SSSR count). The molecule has 0 radical (unpaired) electrons. The van der Waals surface area contributed by atoms with Crippen LogP contribution in [-0.4, -0.2) is 28.7 Å². The molecule has 0 spiro atoms. The number of hydrogen-bond acceptors (Lipinski definition) is 3. The van der Waals surface area contributed by atoms with Crippen LogP contribution < -0.4 is 5.32 Å². The molecule has 0 bridgehead atoms. The second-order valence-electron chi connectivity index (χ2n) is 6.33. The first-order valence-corrected chi connectivity index (χ1v) is 8.42. The summed E-state index contributed by atoms with van der Waals surface area (Å²) < 4.78 is 13.3. The lowest BCUT2D eigenvalue weighted by Crippen LogP contribution is -2.50. The Kier molecular flexibility index (Phi) is 4.78. The Labute approximate surface area is 154 Å². The summed E-state index contributed by atoms with van der Waals surface area (Å²) in [4.78, 5) is 39.1. The summed E-state index contributed by atoms with van der Waals surface area (Å²) in [5.41, 5.74) is 0.838. The summed E-state index contributed by atoms with van der Waals surface area (Å²) in [6, 6.07) is 9.20. The number of rotatable bonds is 4. The quantitative estimate of drug-likeness (QED) is 0.829. The molecule has 0 aliphatic carbocycles. The van der Waals surface area contributed by atoms with E-state index in [0.717, 1.165) is 11.0 Å². The highest BCUT2D eigenvalue weighted by molar-refractivity contribution is 6.31. The Balaban J connectivity index is 1.90. The Hall–Kier alpha value is -2.73. The second-order valence-corrected chi connectivity index (χ2v) is 6.74. The van der Waals surface area contributed by atoms with E-state index in [4.69, 9.17) is 11.6 Å². The fraction of sp³-hybridized carbons (Fsp3) is 0.211. The van der Waals surface area contributed by atoms with Gasteiger partial charge in [0.2, 0.25) is 5.91 Å². The molecular weight excluding hydrogens is 359 g/mol. The van der Waals surface area contributed by atoms with Crippen LogP contribution in [0.15, 0.2) is 42.5 Å². The van der Waals surface area contributed by atoms with E-state index >= 15 is 0 Å². The SMILES string of the molecule is CC(C)[C@@H](C(=O)Nc1ccc(F)c(Cl)c1)N1C(=O)c2ccccc2C1=O. The maximum absolute atomic E-state index is 13.3. The van der Waals surface area contributed by atoms with Gasteiger partial charge in [-0.2, -0.15) is 0 Å². The average Bonchev–Trinajstić information content (AvgIpc) is 2.84. The van der Waals surface area contributed by atoms with Crippen molar-refractivity contribution in [2.75, 3.05) is 5.32 Å². The molecule has 0 fully saturated rings. The molecule has 3 amide bonds. The minimum Gasteiger partial charge on any atom is -0.324 e. The van der Waals surface area contributed by atoms with Crippen LogP contribution in [0, 0.1) is 11.7 Å². The number of nitrogens with one attached hydrogen (secondary N) is 1. The summed E-state index contributed by atoms with van der Waals surface area (Å²) in [6.07, 6.45) is 0. The average molecular weight is 375 g/mol. The number of carbonyl (C=O) groups is 3. The lowest BCUT2D eigenvalue weighted by atomic mass is 10.0. The van der Waals surface area contributed by atoms with E-state index in [1.807, 2.05) is 0 Å². The van der Waals surface area contributed by atoms with Crippen molar-refractivity contribution in [3.63, 3.8) is 0 Å². The number of halogens is 2. The van der Waals surface area contributed by atoms with Crippen molar-refractivity contribution in [1.29, 1.82) is 0 Å². The van der Waals surface area contributed by atoms with Crippen LogP contribution in [0.25, 0.3) is 0 Å². The summed E-state index contributed by atoms with van der Waals surface area (Å²) in [7, 11) is 0. The second kappa shape index (κ2) is 6.88. The summed E-state index contributed by atoms with van der Waals surface area (Å²) in [5.74, 6) is -2.48. The number of carbonyl (C=O) groups excluding carboxylic acids is 3. The van der Waals surface area contributed by atoms with Gasteiger partial charge in [0.15, 0.2) is 0 Å². The Morgan fingerprint density at radius 2 is 1.65 bits per heavy atom. The molecule has 2 aromatic carbocycles. The number of fused-ring (bicyclic) bond motifs is 1. The normalized spacial score (nSPS) is 14.6. The third-order valence-corrected chi connectivity index (χ3v) is 4.48. The molecule has 2 aromatic rings. The molecule has 1 aliphatic rings. The van der Waals surface area contributed by atoms with Gasteiger partial charge in [0.1, 0.15) is 11.9 Å². The summed E-state index contributed by atoms with van der Waals surface area (Å²) in [5, 5.41) is 2.47. The first-order chi connectivity index (χ1) is 12.3. The molecule has 26 heavy (non-hydrogen) atoms. The molecule has 0 unspecified atom stereocenters. The van der Waals surface area contributed by atoms with Crippen molar-refractivity contribution >= 4 is 35.0 Å². The van der Waals surface area contributed by atoms with Gasteiger partial charge in [0.05, 0.1) is 16.1 Å². The van der Waals surface area contributed by atoms with E-state index in [-0.39, 0.29) is 27.8 Å². The maximum Gasteiger partial charge on any atom is 0.262 e. The molecule has 0 aromatic heterocycles. The molecule has 0 saturated heterocycles. The van der Waals surface area contributed by atoms with Crippen LogP contribution in [0.1, 0.15) is 34.6 Å². The van der Waals surface area contributed by atoms with E-state index in [1.165, 1.54) is 12.1 Å². The molecule has 0 saturated carbocycles. The van der Waals surface area contributed by atoms with E-state index in [2.05, 4.69) is 5.32 Å². The lowest BCUT2D eigenvalue weighted by molar-refractivity contribution is -0.121. The third kappa shape index (κ3) is 3.08. The minimum absolute atomic E-state index is 0.135. The highest BCUT2D eigenvalue weighted by Crippen LogP contribution is 2.28. The van der Waals surface area contributed by atoms with Crippen LogP contribution in [-0.2, 0) is 4.79 Å². The van der Waals surface area contributed by atoms with Crippen molar-refractivity contribution < 1.29 is 18.8 Å². The van der Waals surface area contributed by atoms with Crippen LogP contribution in [0.3, 0.4) is 0 Å². The monoisotopic (exact) mass is 374 g/mol. The van der Waals surface area contributed by atoms with Crippen molar-refractivity contribution in [2.24, 2.45) is 5.92 Å². The van der Waals surface area contributed by atoms with Gasteiger partial charge in [0.25, 0.3) is 11.8 Å². The number of anilines is 1. The van der Waals surface area contributed by atoms with Gasteiger partial charge in [-0.05, 0) is 36.2 Å². The van der Waals surface area contributed by atoms with E-state index in [9.17, 15) is 18.8 Å². The summed E-state index contributed by atoms with van der Waals surface area (Å²) in [6.45, 7) is 3.48. The van der Waals surface area contributed by atoms with E-state index < -0.39 is 29.6 Å². The van der Waals surface area contributed by atoms with Crippen molar-refractivity contribution in [3.05, 3.63) is 64.4 Å². The topological polar surface area (TPSA) is 66.5 Å². The number of benzene rings is 2. The highest BCUT2D eigenvalue weighted by Gasteiger charge is 2.43. The van der Waals surface area contributed by atoms with Crippen molar-refractivity contribution in [2.45, 2.75) is 19.9 Å². The van der Waals surface area contributed by atoms with Crippen LogP contribution in [0.4, 0.5) is 10.1 Å². The Bertz CT molecular complexity index is 878. The van der Waals surface area contributed by atoms with Gasteiger partial charge in [-0.1, -0.05) is 37.6 Å². The molecule has 134 valence electrons. The van der Waals surface area contributed by atoms with Gasteiger partial charge < -0.3 is 5.32 Å².